The molecule has 0 aliphatic heterocycles. The Hall–Kier alpha value is -3.23. The van der Waals surface area contributed by atoms with Crippen LogP contribution in [-0.4, -0.2) is 89.7 Å². The summed E-state index contributed by atoms with van der Waals surface area (Å²) in [5.41, 5.74) is 0.250. The van der Waals surface area contributed by atoms with Gasteiger partial charge in [0.25, 0.3) is 0 Å². The normalized spacial score (nSPS) is 14.9. The molecule has 0 radical (unpaired) electrons. The summed E-state index contributed by atoms with van der Waals surface area (Å²) < 4.78 is 31.4. The lowest BCUT2D eigenvalue weighted by Gasteiger charge is -2.33. The van der Waals surface area contributed by atoms with Gasteiger partial charge >= 0.3 is 5.97 Å². The maximum Gasteiger partial charge on any atom is 0.336 e. The highest BCUT2D eigenvalue weighted by atomic mass is 32.2. The van der Waals surface area contributed by atoms with Crippen molar-refractivity contribution in [2.75, 3.05) is 24.2 Å². The number of benzene rings is 2. The van der Waals surface area contributed by atoms with Crippen molar-refractivity contribution in [2.24, 2.45) is 0 Å². The average molecular weight is 513 g/mol. The molecule has 2 aromatic carbocycles. The Bertz CT molecular complexity index is 1150. The van der Waals surface area contributed by atoms with Gasteiger partial charge < -0.3 is 35.6 Å². The van der Waals surface area contributed by atoms with Crippen LogP contribution in [0, 0.1) is 0 Å². The number of hydrogen-bond acceptors (Lipinski definition) is 9. The van der Waals surface area contributed by atoms with Gasteiger partial charge in [-0.1, -0.05) is 18.2 Å². The largest absolute Gasteiger partial charge is 0.485 e. The van der Waals surface area contributed by atoms with E-state index in [1.807, 2.05) is 0 Å². The number of anilines is 1. The van der Waals surface area contributed by atoms with E-state index in [-0.39, 0.29) is 28.1 Å². The zero-order valence-electron chi connectivity index (χ0n) is 19.0. The van der Waals surface area contributed by atoms with Crippen molar-refractivity contribution >= 4 is 27.6 Å². The lowest BCUT2D eigenvalue weighted by molar-refractivity contribution is -0.124. The standard InChI is InChI=1S/C22H28N2O10S/c1-12(27)23-20(21(29)16(28)10-25)18(11-26)34-17-8-4-7-15(22(30)31)19(17)13-5-3-6-14(9-13)24-35(2,32)33/h3-9,16,18,20-21,24-26,28-29H,10-11H2,1-2H3,(H,23,27)(H,30,31). The summed E-state index contributed by atoms with van der Waals surface area (Å²) in [6, 6.07) is 8.54. The van der Waals surface area contributed by atoms with Crippen LogP contribution in [0.4, 0.5) is 5.69 Å². The second-order valence-electron chi connectivity index (χ2n) is 7.74. The van der Waals surface area contributed by atoms with Gasteiger partial charge in [0.05, 0.1) is 31.1 Å². The molecule has 2 aromatic rings. The van der Waals surface area contributed by atoms with E-state index in [9.17, 15) is 43.5 Å². The van der Waals surface area contributed by atoms with Crippen molar-refractivity contribution in [3.63, 3.8) is 0 Å². The van der Waals surface area contributed by atoms with E-state index in [0.717, 1.165) is 13.2 Å². The van der Waals surface area contributed by atoms with Gasteiger partial charge in [0, 0.05) is 18.2 Å². The number of carboxylic acids is 1. The fraction of sp³-hybridized carbons (Fsp3) is 0.364. The molecule has 4 unspecified atom stereocenters. The molecular weight excluding hydrogens is 484 g/mol. The zero-order valence-corrected chi connectivity index (χ0v) is 19.8. The van der Waals surface area contributed by atoms with Crippen LogP contribution in [0.25, 0.3) is 11.1 Å². The smallest absolute Gasteiger partial charge is 0.336 e. The van der Waals surface area contributed by atoms with E-state index in [0.29, 0.717) is 0 Å². The molecule has 4 atom stereocenters. The topological polar surface area (TPSA) is 203 Å². The minimum Gasteiger partial charge on any atom is -0.485 e. The van der Waals surface area contributed by atoms with E-state index in [1.54, 1.807) is 0 Å². The van der Waals surface area contributed by atoms with E-state index < -0.39 is 59.5 Å². The summed E-state index contributed by atoms with van der Waals surface area (Å²) in [5, 5.41) is 51.5. The summed E-state index contributed by atoms with van der Waals surface area (Å²) >= 11 is 0. The average Bonchev–Trinajstić information content (AvgIpc) is 2.78. The van der Waals surface area contributed by atoms with Gasteiger partial charge in [0.2, 0.25) is 15.9 Å². The van der Waals surface area contributed by atoms with Crippen molar-refractivity contribution in [2.45, 2.75) is 31.3 Å². The Kier molecular flexibility index (Phi) is 9.56. The van der Waals surface area contributed by atoms with Gasteiger partial charge in [0.15, 0.2) is 0 Å². The lowest BCUT2D eigenvalue weighted by Crippen LogP contribution is -2.57. The number of amides is 1. The molecule has 13 heteroatoms. The molecule has 0 bridgehead atoms. The van der Waals surface area contributed by atoms with Crippen LogP contribution in [0.5, 0.6) is 5.75 Å². The SMILES string of the molecule is CC(=O)NC(C(CO)Oc1cccc(C(=O)O)c1-c1cccc(NS(C)(=O)=O)c1)C(O)C(O)CO. The highest BCUT2D eigenvalue weighted by Gasteiger charge is 2.35. The third-order valence-electron chi connectivity index (χ3n) is 4.89. The van der Waals surface area contributed by atoms with Gasteiger partial charge in [0.1, 0.15) is 24.1 Å². The Balaban J connectivity index is 2.60. The Morgan fingerprint density at radius 3 is 2.26 bits per heavy atom. The Morgan fingerprint density at radius 2 is 1.71 bits per heavy atom. The molecule has 0 saturated heterocycles. The lowest BCUT2D eigenvalue weighted by atomic mass is 9.97. The highest BCUT2D eigenvalue weighted by Crippen LogP contribution is 2.36. The summed E-state index contributed by atoms with van der Waals surface area (Å²) in [7, 11) is -3.62. The first-order valence-corrected chi connectivity index (χ1v) is 12.2. The number of aliphatic hydroxyl groups is 4. The molecule has 2 rings (SSSR count). The maximum atomic E-state index is 12.0. The molecule has 0 aromatic heterocycles. The summed E-state index contributed by atoms with van der Waals surface area (Å²) in [4.78, 5) is 23.6. The van der Waals surface area contributed by atoms with Crippen molar-refractivity contribution < 1.29 is 48.3 Å². The second-order valence-corrected chi connectivity index (χ2v) is 9.49. The van der Waals surface area contributed by atoms with Crippen molar-refractivity contribution in [3.05, 3.63) is 48.0 Å². The van der Waals surface area contributed by atoms with Crippen LogP contribution in [0.1, 0.15) is 17.3 Å². The Labute approximate surface area is 201 Å². The van der Waals surface area contributed by atoms with E-state index in [4.69, 9.17) is 4.74 Å². The van der Waals surface area contributed by atoms with Crippen LogP contribution in [0.15, 0.2) is 42.5 Å². The minimum atomic E-state index is -3.62. The van der Waals surface area contributed by atoms with Crippen LogP contribution in [0.2, 0.25) is 0 Å². The summed E-state index contributed by atoms with van der Waals surface area (Å²) in [6.45, 7) is -0.474. The Morgan fingerprint density at radius 1 is 1.06 bits per heavy atom. The first kappa shape index (κ1) is 28.0. The van der Waals surface area contributed by atoms with Gasteiger partial charge in [-0.05, 0) is 29.8 Å². The molecule has 1 amide bonds. The molecule has 0 heterocycles. The fourth-order valence-corrected chi connectivity index (χ4v) is 3.98. The van der Waals surface area contributed by atoms with Crippen LogP contribution in [-0.2, 0) is 14.8 Å². The second kappa shape index (κ2) is 12.0. The van der Waals surface area contributed by atoms with Gasteiger partial charge in [-0.3, -0.25) is 9.52 Å². The molecule has 12 nitrogen and oxygen atoms in total. The number of nitrogens with one attached hydrogen (secondary N) is 2. The predicted octanol–water partition coefficient (Wildman–Crippen LogP) is -0.618. The predicted molar refractivity (Wildman–Crippen MR) is 126 cm³/mol. The summed E-state index contributed by atoms with van der Waals surface area (Å²) in [6.07, 6.45) is -3.84. The number of ether oxygens (including phenoxy) is 1. The maximum absolute atomic E-state index is 12.0. The van der Waals surface area contributed by atoms with Gasteiger partial charge in [-0.25, -0.2) is 13.2 Å². The van der Waals surface area contributed by atoms with E-state index in [1.165, 1.54) is 42.5 Å². The molecule has 35 heavy (non-hydrogen) atoms. The molecule has 192 valence electrons. The number of sulfonamides is 1. The van der Waals surface area contributed by atoms with Gasteiger partial charge in [-0.15, -0.1) is 0 Å². The number of aliphatic hydroxyl groups excluding tert-OH is 4. The first-order valence-electron chi connectivity index (χ1n) is 10.3. The van der Waals surface area contributed by atoms with Crippen molar-refractivity contribution in [3.8, 4) is 16.9 Å². The van der Waals surface area contributed by atoms with Crippen LogP contribution >= 0.6 is 0 Å². The van der Waals surface area contributed by atoms with Crippen LogP contribution < -0.4 is 14.8 Å². The fourth-order valence-electron chi connectivity index (χ4n) is 3.43. The molecule has 7 N–H and O–H groups in total. The number of carbonyl (C=O) groups excluding carboxylic acids is 1. The highest BCUT2D eigenvalue weighted by molar-refractivity contribution is 7.92. The number of hydrogen-bond donors (Lipinski definition) is 7. The number of aromatic carboxylic acids is 1. The number of carbonyl (C=O) groups is 2. The van der Waals surface area contributed by atoms with Gasteiger partial charge in [-0.2, -0.15) is 0 Å². The quantitative estimate of drug-likeness (QED) is 0.192. The van der Waals surface area contributed by atoms with Crippen molar-refractivity contribution in [1.29, 1.82) is 0 Å². The molecular formula is C22H28N2O10S. The van der Waals surface area contributed by atoms with Crippen molar-refractivity contribution in [1.82, 2.24) is 5.32 Å². The molecule has 0 aliphatic rings. The minimum absolute atomic E-state index is 0.0365. The molecule has 0 spiro atoms. The van der Waals surface area contributed by atoms with E-state index >= 15 is 0 Å². The third-order valence-corrected chi connectivity index (χ3v) is 5.50. The summed E-state index contributed by atoms with van der Waals surface area (Å²) in [5.74, 6) is -2.01. The molecule has 0 fully saturated rings. The monoisotopic (exact) mass is 512 g/mol. The van der Waals surface area contributed by atoms with Crippen LogP contribution in [0.3, 0.4) is 0 Å². The van der Waals surface area contributed by atoms with E-state index in [2.05, 4.69) is 10.0 Å². The zero-order chi connectivity index (χ0) is 26.3. The first-order chi connectivity index (χ1) is 16.4. The third kappa shape index (κ3) is 7.63. The number of carboxylic acid groups (broad SMARTS) is 1. The molecule has 0 saturated carbocycles. The molecule has 0 aliphatic carbocycles. The number of rotatable bonds is 12.